The highest BCUT2D eigenvalue weighted by molar-refractivity contribution is 7.41. The van der Waals surface area contributed by atoms with Gasteiger partial charge < -0.3 is 15.3 Å². The molecule has 0 bridgehead atoms. The van der Waals surface area contributed by atoms with Crippen LogP contribution in [0.4, 0.5) is 0 Å². The van der Waals surface area contributed by atoms with Crippen molar-refractivity contribution in [2.45, 2.75) is 71.6 Å². The lowest BCUT2D eigenvalue weighted by molar-refractivity contribution is 0.00275. The minimum atomic E-state index is -1.81. The Morgan fingerprint density at radius 1 is 0.571 bits per heavy atom. The van der Waals surface area contributed by atoms with Gasteiger partial charge in [-0.25, -0.2) is 0 Å². The van der Waals surface area contributed by atoms with Crippen LogP contribution in [-0.4, -0.2) is 35.7 Å². The lowest BCUT2D eigenvalue weighted by atomic mass is 10.1. The summed E-state index contributed by atoms with van der Waals surface area (Å²) in [5.74, 6) is 0. The molecule has 0 unspecified atom stereocenters. The van der Waals surface area contributed by atoms with Gasteiger partial charge in [0.25, 0.3) is 0 Å². The summed E-state index contributed by atoms with van der Waals surface area (Å²) in [4.78, 5) is 0. The Hall–Kier alpha value is 0.190. The molecule has 0 aliphatic heterocycles. The maximum Gasteiger partial charge on any atom is 0.339 e. The number of hydrogen-bond donors (Lipinski definition) is 3. The summed E-state index contributed by atoms with van der Waals surface area (Å²) >= 11 is 0. The number of rotatable bonds is 14. The third kappa shape index (κ3) is 22.6. The molecule has 21 heavy (non-hydrogen) atoms. The molecule has 7 heteroatoms. The molecule has 0 aromatic carbocycles. The minimum absolute atomic E-state index is 0.578. The molecule has 0 aromatic heterocycles. The van der Waals surface area contributed by atoms with Crippen molar-refractivity contribution in [3.8, 4) is 0 Å². The number of hydrogen-bond acceptors (Lipinski definition) is 6. The Balaban J connectivity index is 0. The fourth-order valence-electron chi connectivity index (χ4n) is 1.64. The highest BCUT2D eigenvalue weighted by Gasteiger charge is 2.09. The standard InChI is InChI=1S/C11H24.C3H9O6P/c1-3-5-7-9-11-10-8-6-4-2;4-1-7-10(8-2-5)9-3-6/h3-11H2,1-2H3;4-6H,1-3H2. The summed E-state index contributed by atoms with van der Waals surface area (Å²) in [6.07, 6.45) is 13.0. The molecular formula is C14H33O6P. The molecule has 0 spiro atoms. The van der Waals surface area contributed by atoms with Gasteiger partial charge in [0.2, 0.25) is 0 Å². The second kappa shape index (κ2) is 22.5. The fraction of sp³-hybridized carbons (Fsp3) is 1.00. The van der Waals surface area contributed by atoms with Crippen LogP contribution in [-0.2, 0) is 13.6 Å². The zero-order chi connectivity index (χ0) is 16.2. The molecule has 6 nitrogen and oxygen atoms in total. The summed E-state index contributed by atoms with van der Waals surface area (Å²) in [6.45, 7) is 2.82. The predicted molar refractivity (Wildman–Crippen MR) is 84.3 cm³/mol. The van der Waals surface area contributed by atoms with Crippen LogP contribution < -0.4 is 0 Å². The van der Waals surface area contributed by atoms with Gasteiger partial charge in [-0.3, -0.25) is 13.6 Å². The van der Waals surface area contributed by atoms with Gasteiger partial charge in [-0.1, -0.05) is 71.6 Å². The lowest BCUT2D eigenvalue weighted by Gasteiger charge is -2.11. The van der Waals surface area contributed by atoms with Gasteiger partial charge in [-0.15, -0.1) is 0 Å². The monoisotopic (exact) mass is 328 g/mol. The molecule has 0 amide bonds. The molecule has 0 saturated carbocycles. The summed E-state index contributed by atoms with van der Waals surface area (Å²) in [6, 6.07) is 0. The van der Waals surface area contributed by atoms with Crippen molar-refractivity contribution >= 4 is 8.60 Å². The Labute approximate surface area is 130 Å². The number of aliphatic hydroxyl groups is 3. The predicted octanol–water partition coefficient (Wildman–Crippen LogP) is 3.65. The molecule has 0 radical (unpaired) electrons. The summed E-state index contributed by atoms with van der Waals surface area (Å²) in [5.41, 5.74) is 0. The molecule has 0 aromatic rings. The van der Waals surface area contributed by atoms with Crippen LogP contribution in [0.3, 0.4) is 0 Å². The molecule has 0 heterocycles. The van der Waals surface area contributed by atoms with Crippen molar-refractivity contribution in [3.05, 3.63) is 0 Å². The molecule has 3 N–H and O–H groups in total. The average Bonchev–Trinajstić information content (AvgIpc) is 2.48. The van der Waals surface area contributed by atoms with Crippen molar-refractivity contribution in [1.29, 1.82) is 0 Å². The third-order valence-corrected chi connectivity index (χ3v) is 3.68. The van der Waals surface area contributed by atoms with Crippen molar-refractivity contribution in [3.63, 3.8) is 0 Å². The first kappa shape index (κ1) is 23.5. The highest BCUT2D eigenvalue weighted by atomic mass is 31.2. The van der Waals surface area contributed by atoms with Crippen LogP contribution in [0.5, 0.6) is 0 Å². The van der Waals surface area contributed by atoms with Gasteiger partial charge in [-0.05, 0) is 0 Å². The molecule has 0 saturated heterocycles. The summed E-state index contributed by atoms with van der Waals surface area (Å²) < 4.78 is 13.1. The summed E-state index contributed by atoms with van der Waals surface area (Å²) in [5, 5.41) is 24.5. The number of unbranched alkanes of at least 4 members (excludes halogenated alkanes) is 8. The molecule has 0 fully saturated rings. The quantitative estimate of drug-likeness (QED) is 0.256. The van der Waals surface area contributed by atoms with E-state index in [-0.39, 0.29) is 0 Å². The first-order chi connectivity index (χ1) is 10.3. The smallest absolute Gasteiger partial charge is 0.339 e. The second-order valence-electron chi connectivity index (χ2n) is 4.47. The molecule has 0 rings (SSSR count). The average molecular weight is 328 g/mol. The second-order valence-corrected chi connectivity index (χ2v) is 5.69. The first-order valence-electron chi connectivity index (χ1n) is 7.78. The van der Waals surface area contributed by atoms with Crippen molar-refractivity contribution in [2.24, 2.45) is 0 Å². The van der Waals surface area contributed by atoms with Crippen LogP contribution in [0.2, 0.25) is 0 Å². The van der Waals surface area contributed by atoms with E-state index in [1.165, 1.54) is 57.8 Å². The van der Waals surface area contributed by atoms with Crippen LogP contribution in [0, 0.1) is 0 Å². The Morgan fingerprint density at radius 2 is 0.857 bits per heavy atom. The van der Waals surface area contributed by atoms with E-state index in [4.69, 9.17) is 15.3 Å². The van der Waals surface area contributed by atoms with Crippen LogP contribution in [0.15, 0.2) is 0 Å². The molecule has 0 aliphatic rings. The van der Waals surface area contributed by atoms with Crippen molar-refractivity contribution in [2.75, 3.05) is 20.4 Å². The van der Waals surface area contributed by atoms with E-state index in [1.807, 2.05) is 0 Å². The highest BCUT2D eigenvalue weighted by Crippen LogP contribution is 2.38. The van der Waals surface area contributed by atoms with Gasteiger partial charge >= 0.3 is 8.60 Å². The van der Waals surface area contributed by atoms with Gasteiger partial charge in [0.1, 0.15) is 0 Å². The Bertz CT molecular complexity index is 151. The SMILES string of the molecule is CCCCCCCCCCC.OCOP(OCO)OCO. The van der Waals surface area contributed by atoms with Crippen LogP contribution >= 0.6 is 8.60 Å². The first-order valence-corrected chi connectivity index (χ1v) is 8.87. The van der Waals surface area contributed by atoms with Gasteiger partial charge in [0.05, 0.1) is 0 Å². The molecule has 0 aliphatic carbocycles. The Morgan fingerprint density at radius 3 is 1.10 bits per heavy atom. The van der Waals surface area contributed by atoms with E-state index in [0.717, 1.165) is 0 Å². The number of aliphatic hydroxyl groups excluding tert-OH is 3. The molecule has 0 atom stereocenters. The largest absolute Gasteiger partial charge is 0.370 e. The van der Waals surface area contributed by atoms with E-state index in [9.17, 15) is 0 Å². The van der Waals surface area contributed by atoms with Crippen LogP contribution in [0.1, 0.15) is 71.6 Å². The maximum absolute atomic E-state index is 8.16. The molecule has 130 valence electrons. The van der Waals surface area contributed by atoms with E-state index in [2.05, 4.69) is 27.4 Å². The van der Waals surface area contributed by atoms with Crippen LogP contribution in [0.25, 0.3) is 0 Å². The van der Waals surface area contributed by atoms with E-state index >= 15 is 0 Å². The topological polar surface area (TPSA) is 88.4 Å². The van der Waals surface area contributed by atoms with Gasteiger partial charge in [0.15, 0.2) is 20.4 Å². The third-order valence-electron chi connectivity index (χ3n) is 2.70. The van der Waals surface area contributed by atoms with E-state index in [0.29, 0.717) is 0 Å². The fourth-order valence-corrected chi connectivity index (χ4v) is 2.14. The zero-order valence-corrected chi connectivity index (χ0v) is 14.4. The molecular weight excluding hydrogens is 295 g/mol. The van der Waals surface area contributed by atoms with E-state index < -0.39 is 29.0 Å². The normalized spacial score (nSPS) is 10.6. The van der Waals surface area contributed by atoms with Crippen molar-refractivity contribution in [1.82, 2.24) is 0 Å². The van der Waals surface area contributed by atoms with Crippen molar-refractivity contribution < 1.29 is 28.9 Å². The Kier molecular flexibility index (Phi) is 25.1. The lowest BCUT2D eigenvalue weighted by Crippen LogP contribution is -1.97. The van der Waals surface area contributed by atoms with Gasteiger partial charge in [0, 0.05) is 0 Å². The zero-order valence-electron chi connectivity index (χ0n) is 13.5. The van der Waals surface area contributed by atoms with E-state index in [1.54, 1.807) is 0 Å². The summed E-state index contributed by atoms with van der Waals surface area (Å²) in [7, 11) is -1.81. The van der Waals surface area contributed by atoms with Gasteiger partial charge in [-0.2, -0.15) is 0 Å². The minimum Gasteiger partial charge on any atom is -0.370 e. The maximum atomic E-state index is 8.16.